The third kappa shape index (κ3) is 1.21. The van der Waals surface area contributed by atoms with Crippen molar-refractivity contribution in [2.45, 2.75) is 12.2 Å². The van der Waals surface area contributed by atoms with Crippen LogP contribution in [0, 0.1) is 0 Å². The molecule has 1 aromatic carbocycles. The lowest BCUT2D eigenvalue weighted by Crippen LogP contribution is -2.43. The fraction of sp³-hybridized carbons (Fsp3) is 0.364. The Morgan fingerprint density at radius 3 is 2.81 bits per heavy atom. The van der Waals surface area contributed by atoms with Crippen molar-refractivity contribution >= 4 is 23.2 Å². The molecule has 0 aromatic heterocycles. The number of rotatable bonds is 0. The summed E-state index contributed by atoms with van der Waals surface area (Å²) in [5.41, 5.74) is 1.26. The second-order valence-electron chi connectivity index (χ2n) is 3.78. The van der Waals surface area contributed by atoms with E-state index in [1.807, 2.05) is 0 Å². The molecule has 0 bridgehead atoms. The molecule has 16 heavy (non-hydrogen) atoms. The van der Waals surface area contributed by atoms with Gasteiger partial charge in [-0.3, -0.25) is 4.79 Å². The van der Waals surface area contributed by atoms with E-state index >= 15 is 0 Å². The van der Waals surface area contributed by atoms with E-state index < -0.39 is 5.79 Å². The molecule has 1 fully saturated rings. The van der Waals surface area contributed by atoms with Gasteiger partial charge in [0, 0.05) is 0 Å². The zero-order chi connectivity index (χ0) is 11.2. The van der Waals surface area contributed by atoms with Crippen LogP contribution in [0.4, 0.5) is 5.69 Å². The minimum atomic E-state index is -1.33. The lowest BCUT2D eigenvalue weighted by atomic mass is 10.1. The van der Waals surface area contributed by atoms with Gasteiger partial charge in [0.2, 0.25) is 0 Å². The molecule has 1 amide bonds. The van der Waals surface area contributed by atoms with Gasteiger partial charge < -0.3 is 14.8 Å². The number of benzene rings is 1. The number of anilines is 1. The number of halogens is 1. The summed E-state index contributed by atoms with van der Waals surface area (Å²) in [7, 11) is 0. The molecule has 3 rings (SSSR count). The molecule has 0 saturated carbocycles. The number of hydrogen-bond donors (Lipinski definition) is 1. The van der Waals surface area contributed by atoms with E-state index in [0.717, 1.165) is 6.42 Å². The molecule has 2 aliphatic rings. The van der Waals surface area contributed by atoms with E-state index in [1.165, 1.54) is 0 Å². The fourth-order valence-electron chi connectivity index (χ4n) is 2.09. The highest BCUT2D eigenvalue weighted by Gasteiger charge is 2.52. The molecule has 0 atom stereocenters. The van der Waals surface area contributed by atoms with Crippen LogP contribution < -0.4 is 5.32 Å². The third-order valence-electron chi connectivity index (χ3n) is 2.79. The van der Waals surface area contributed by atoms with E-state index in [1.54, 1.807) is 18.2 Å². The average molecular weight is 240 g/mol. The van der Waals surface area contributed by atoms with Crippen LogP contribution in [0.1, 0.15) is 12.0 Å². The molecule has 1 saturated heterocycles. The summed E-state index contributed by atoms with van der Waals surface area (Å²) in [6.45, 7) is 0.996. The normalized spacial score (nSPS) is 21.9. The minimum Gasteiger partial charge on any atom is -0.338 e. The summed E-state index contributed by atoms with van der Waals surface area (Å²) in [6, 6.07) is 5.29. The Hall–Kier alpha value is -1.10. The molecule has 4 nitrogen and oxygen atoms in total. The predicted molar refractivity (Wildman–Crippen MR) is 58.3 cm³/mol. The van der Waals surface area contributed by atoms with Gasteiger partial charge in [-0.05, 0) is 18.6 Å². The van der Waals surface area contributed by atoms with Gasteiger partial charge in [0.05, 0.1) is 29.5 Å². The van der Waals surface area contributed by atoms with Crippen LogP contribution in [-0.2, 0) is 20.1 Å². The summed E-state index contributed by atoms with van der Waals surface area (Å²) < 4.78 is 11.1. The monoisotopic (exact) mass is 239 g/mol. The average Bonchev–Trinajstić information content (AvgIpc) is 2.55. The number of carbonyl (C=O) groups excluding carboxylic acids is 1. The van der Waals surface area contributed by atoms with Gasteiger partial charge in [-0.15, -0.1) is 0 Å². The van der Waals surface area contributed by atoms with Crippen molar-refractivity contribution in [1.29, 1.82) is 0 Å². The largest absolute Gasteiger partial charge is 0.338 e. The maximum absolute atomic E-state index is 11.9. The Labute approximate surface area is 97.5 Å². The van der Waals surface area contributed by atoms with Crippen molar-refractivity contribution in [2.75, 3.05) is 18.5 Å². The van der Waals surface area contributed by atoms with Crippen LogP contribution in [0.25, 0.3) is 0 Å². The summed E-state index contributed by atoms with van der Waals surface area (Å²) in [4.78, 5) is 11.9. The Bertz CT molecular complexity index is 455. The number of carbonyl (C=O) groups is 1. The molecule has 5 heteroatoms. The molecule has 84 valence electrons. The summed E-state index contributed by atoms with van der Waals surface area (Å²) in [5.74, 6) is -1.62. The van der Waals surface area contributed by atoms with E-state index in [4.69, 9.17) is 21.1 Å². The maximum atomic E-state index is 11.9. The van der Waals surface area contributed by atoms with E-state index in [-0.39, 0.29) is 5.91 Å². The second-order valence-corrected chi connectivity index (χ2v) is 4.19. The second kappa shape index (κ2) is 3.45. The van der Waals surface area contributed by atoms with Crippen LogP contribution in [0.15, 0.2) is 18.2 Å². The van der Waals surface area contributed by atoms with Crippen molar-refractivity contribution in [3.8, 4) is 0 Å². The van der Waals surface area contributed by atoms with Gasteiger partial charge in [-0.1, -0.05) is 17.7 Å². The van der Waals surface area contributed by atoms with Crippen molar-refractivity contribution in [2.24, 2.45) is 0 Å². The highest BCUT2D eigenvalue weighted by atomic mass is 35.5. The first kappa shape index (κ1) is 10.1. The number of nitrogens with one attached hydrogen (secondary N) is 1. The van der Waals surface area contributed by atoms with Crippen LogP contribution in [0.5, 0.6) is 0 Å². The zero-order valence-electron chi connectivity index (χ0n) is 8.46. The van der Waals surface area contributed by atoms with Crippen LogP contribution in [-0.4, -0.2) is 19.1 Å². The smallest absolute Gasteiger partial charge is 0.290 e. The van der Waals surface area contributed by atoms with E-state index in [2.05, 4.69) is 5.32 Å². The minimum absolute atomic E-state index is 0.296. The molecule has 0 radical (unpaired) electrons. The number of amides is 1. The number of ether oxygens (including phenoxy) is 2. The Balaban J connectivity index is 2.17. The molecular weight excluding hydrogens is 230 g/mol. The highest BCUT2D eigenvalue weighted by Crippen LogP contribution is 2.45. The molecule has 1 spiro atoms. The van der Waals surface area contributed by atoms with Crippen LogP contribution in [0.3, 0.4) is 0 Å². The van der Waals surface area contributed by atoms with Crippen molar-refractivity contribution in [1.82, 2.24) is 0 Å². The van der Waals surface area contributed by atoms with Crippen LogP contribution in [0.2, 0.25) is 5.02 Å². The third-order valence-corrected chi connectivity index (χ3v) is 3.10. The van der Waals surface area contributed by atoms with Gasteiger partial charge in [0.15, 0.2) is 0 Å². The fourth-order valence-corrected chi connectivity index (χ4v) is 2.39. The molecule has 0 aliphatic carbocycles. The first-order valence-electron chi connectivity index (χ1n) is 5.12. The van der Waals surface area contributed by atoms with Crippen LogP contribution >= 0.6 is 11.6 Å². The van der Waals surface area contributed by atoms with Crippen molar-refractivity contribution < 1.29 is 14.3 Å². The molecule has 0 unspecified atom stereocenters. The summed E-state index contributed by atoms with van der Waals surface area (Å²) >= 11 is 6.11. The Morgan fingerprint density at radius 1 is 1.31 bits per heavy atom. The SMILES string of the molecule is O=C1Nc2cccc(Cl)c2C12OCCCO2. The first-order chi connectivity index (χ1) is 7.74. The lowest BCUT2D eigenvalue weighted by molar-refractivity contribution is -0.255. The molecular formula is C11H10ClNO3. The Morgan fingerprint density at radius 2 is 2.06 bits per heavy atom. The molecule has 1 aromatic rings. The molecule has 1 N–H and O–H groups in total. The summed E-state index contributed by atoms with van der Waals surface area (Å²) in [5, 5.41) is 3.21. The van der Waals surface area contributed by atoms with Gasteiger partial charge in [0.1, 0.15) is 0 Å². The van der Waals surface area contributed by atoms with E-state index in [9.17, 15) is 4.79 Å². The predicted octanol–water partition coefficient (Wildman–Crippen LogP) is 1.88. The van der Waals surface area contributed by atoms with Gasteiger partial charge >= 0.3 is 0 Å². The maximum Gasteiger partial charge on any atom is 0.290 e. The van der Waals surface area contributed by atoms with Gasteiger partial charge in [-0.25, -0.2) is 0 Å². The first-order valence-corrected chi connectivity index (χ1v) is 5.50. The lowest BCUT2D eigenvalue weighted by Gasteiger charge is -2.31. The molecule has 2 heterocycles. The molecule has 2 aliphatic heterocycles. The number of hydrogen-bond acceptors (Lipinski definition) is 3. The van der Waals surface area contributed by atoms with Gasteiger partial charge in [-0.2, -0.15) is 0 Å². The topological polar surface area (TPSA) is 47.6 Å². The number of fused-ring (bicyclic) bond motifs is 2. The van der Waals surface area contributed by atoms with E-state index in [0.29, 0.717) is 29.5 Å². The standard InChI is InChI=1S/C11H10ClNO3/c12-7-3-1-4-8-9(7)11(10(14)13-8)15-5-2-6-16-11/h1,3-4H,2,5-6H2,(H,13,14). The van der Waals surface area contributed by atoms with Crippen molar-refractivity contribution in [3.05, 3.63) is 28.8 Å². The van der Waals surface area contributed by atoms with Crippen molar-refractivity contribution in [3.63, 3.8) is 0 Å². The summed E-state index contributed by atoms with van der Waals surface area (Å²) in [6.07, 6.45) is 0.787. The highest BCUT2D eigenvalue weighted by molar-refractivity contribution is 6.33. The Kier molecular flexibility index (Phi) is 2.17. The zero-order valence-corrected chi connectivity index (χ0v) is 9.21. The van der Waals surface area contributed by atoms with Gasteiger partial charge in [0.25, 0.3) is 11.7 Å². The quantitative estimate of drug-likeness (QED) is 0.752.